The van der Waals surface area contributed by atoms with Gasteiger partial charge in [-0.15, -0.1) is 11.3 Å². The summed E-state index contributed by atoms with van der Waals surface area (Å²) in [7, 11) is 0. The van der Waals surface area contributed by atoms with Gasteiger partial charge in [-0.3, -0.25) is 0 Å². The van der Waals surface area contributed by atoms with E-state index in [1.165, 1.54) is 23.5 Å². The second-order valence-electron chi connectivity index (χ2n) is 3.76. The molecule has 0 aliphatic rings. The molecule has 0 nitrogen and oxygen atoms in total. The molecule has 2 rings (SSSR count). The topological polar surface area (TPSA) is 0 Å². The molecule has 1 aromatic heterocycles. The lowest BCUT2D eigenvalue weighted by Crippen LogP contribution is -2.03. The van der Waals surface area contributed by atoms with Crippen LogP contribution in [-0.4, -0.2) is 4.43 Å². The summed E-state index contributed by atoms with van der Waals surface area (Å²) in [5.41, 5.74) is 0.600. The van der Waals surface area contributed by atoms with Crippen LogP contribution in [0.25, 0.3) is 10.1 Å². The maximum atomic E-state index is 12.5. The second-order valence-corrected chi connectivity index (χ2v) is 5.75. The molecular weight excluding hydrogens is 360 g/mol. The molecule has 0 saturated carbocycles. The SMILES string of the molecule is FC(F)(F)c1ccc2c(CCCI)csc2c1. The number of alkyl halides is 4. The van der Waals surface area contributed by atoms with E-state index >= 15 is 0 Å². The number of hydrogen-bond acceptors (Lipinski definition) is 1. The van der Waals surface area contributed by atoms with Crippen molar-refractivity contribution in [2.24, 2.45) is 0 Å². The van der Waals surface area contributed by atoms with E-state index in [4.69, 9.17) is 0 Å². The van der Waals surface area contributed by atoms with Crippen molar-refractivity contribution < 1.29 is 13.2 Å². The Kier molecular flexibility index (Phi) is 3.97. The molecule has 2 aromatic rings. The summed E-state index contributed by atoms with van der Waals surface area (Å²) in [4.78, 5) is 0. The van der Waals surface area contributed by atoms with Crippen LogP contribution >= 0.6 is 33.9 Å². The van der Waals surface area contributed by atoms with Crippen LogP contribution in [0.4, 0.5) is 13.2 Å². The highest BCUT2D eigenvalue weighted by atomic mass is 127. The van der Waals surface area contributed by atoms with Crippen molar-refractivity contribution in [3.63, 3.8) is 0 Å². The van der Waals surface area contributed by atoms with Gasteiger partial charge in [0.2, 0.25) is 0 Å². The van der Waals surface area contributed by atoms with Crippen LogP contribution in [0.3, 0.4) is 0 Å². The Morgan fingerprint density at radius 1 is 1.24 bits per heavy atom. The van der Waals surface area contributed by atoms with Crippen molar-refractivity contribution in [2.45, 2.75) is 19.0 Å². The molecule has 0 unspecified atom stereocenters. The summed E-state index contributed by atoms with van der Waals surface area (Å²) in [6.45, 7) is 0. The van der Waals surface area contributed by atoms with Crippen LogP contribution in [0.15, 0.2) is 23.6 Å². The van der Waals surface area contributed by atoms with Gasteiger partial charge in [0, 0.05) is 4.70 Å². The molecule has 1 aromatic carbocycles. The number of halogens is 4. The van der Waals surface area contributed by atoms with Gasteiger partial charge in [0.25, 0.3) is 0 Å². The number of rotatable bonds is 3. The zero-order chi connectivity index (χ0) is 12.5. The largest absolute Gasteiger partial charge is 0.416 e. The van der Waals surface area contributed by atoms with E-state index in [1.54, 1.807) is 6.07 Å². The van der Waals surface area contributed by atoms with Crippen LogP contribution in [-0.2, 0) is 12.6 Å². The summed E-state index contributed by atoms with van der Waals surface area (Å²) >= 11 is 3.70. The molecule has 0 radical (unpaired) electrons. The summed E-state index contributed by atoms with van der Waals surface area (Å²) in [6.07, 6.45) is -2.25. The highest BCUT2D eigenvalue weighted by molar-refractivity contribution is 14.1. The van der Waals surface area contributed by atoms with Gasteiger partial charge in [-0.1, -0.05) is 28.7 Å². The maximum Gasteiger partial charge on any atom is 0.416 e. The van der Waals surface area contributed by atoms with Gasteiger partial charge in [-0.05, 0) is 45.7 Å². The zero-order valence-corrected chi connectivity index (χ0v) is 11.8. The maximum absolute atomic E-state index is 12.5. The molecule has 0 bridgehead atoms. The summed E-state index contributed by atoms with van der Waals surface area (Å²) in [6, 6.07) is 4.01. The molecule has 1 heterocycles. The van der Waals surface area contributed by atoms with Crippen LogP contribution in [0.5, 0.6) is 0 Å². The molecule has 0 amide bonds. The fourth-order valence-corrected chi connectivity index (χ4v) is 3.13. The minimum absolute atomic E-state index is 0.563. The Bertz CT molecular complexity index is 516. The predicted molar refractivity (Wildman–Crippen MR) is 74.0 cm³/mol. The Balaban J connectivity index is 2.38. The minimum atomic E-state index is -4.25. The quantitative estimate of drug-likeness (QED) is 0.509. The van der Waals surface area contributed by atoms with Crippen molar-refractivity contribution in [2.75, 3.05) is 4.43 Å². The van der Waals surface area contributed by atoms with Gasteiger partial charge in [-0.2, -0.15) is 13.2 Å². The van der Waals surface area contributed by atoms with Crippen LogP contribution < -0.4 is 0 Å². The van der Waals surface area contributed by atoms with E-state index in [0.29, 0.717) is 0 Å². The molecule has 0 aliphatic heterocycles. The highest BCUT2D eigenvalue weighted by Gasteiger charge is 2.30. The molecule has 0 saturated heterocycles. The number of thiophene rings is 1. The molecule has 92 valence electrons. The number of fused-ring (bicyclic) bond motifs is 1. The van der Waals surface area contributed by atoms with Crippen molar-refractivity contribution >= 4 is 44.0 Å². The third-order valence-corrected chi connectivity index (χ3v) is 4.32. The molecule has 5 heteroatoms. The lowest BCUT2D eigenvalue weighted by Gasteiger charge is -2.06. The fourth-order valence-electron chi connectivity index (χ4n) is 1.71. The smallest absolute Gasteiger partial charge is 0.166 e. The average molecular weight is 370 g/mol. The van der Waals surface area contributed by atoms with E-state index in [2.05, 4.69) is 22.6 Å². The lowest BCUT2D eigenvalue weighted by molar-refractivity contribution is -0.137. The van der Waals surface area contributed by atoms with Gasteiger partial charge >= 0.3 is 6.18 Å². The van der Waals surface area contributed by atoms with Gasteiger partial charge in [0.1, 0.15) is 0 Å². The molecule has 0 atom stereocenters. The Hall–Kier alpha value is -0.300. The number of aryl methyl sites for hydroxylation is 1. The fraction of sp³-hybridized carbons (Fsp3) is 0.333. The Morgan fingerprint density at radius 3 is 2.65 bits per heavy atom. The van der Waals surface area contributed by atoms with Crippen LogP contribution in [0.1, 0.15) is 17.5 Å². The van der Waals surface area contributed by atoms with Gasteiger partial charge in [0.15, 0.2) is 0 Å². The first-order valence-electron chi connectivity index (χ1n) is 5.15. The molecule has 17 heavy (non-hydrogen) atoms. The normalized spacial score (nSPS) is 12.2. The van der Waals surface area contributed by atoms with Gasteiger partial charge < -0.3 is 0 Å². The van der Waals surface area contributed by atoms with E-state index in [9.17, 15) is 13.2 Å². The van der Waals surface area contributed by atoms with E-state index in [1.807, 2.05) is 5.38 Å². The van der Waals surface area contributed by atoms with E-state index < -0.39 is 11.7 Å². The summed E-state index contributed by atoms with van der Waals surface area (Å²) < 4.78 is 39.4. The monoisotopic (exact) mass is 370 g/mol. The van der Waals surface area contributed by atoms with Crippen molar-refractivity contribution in [1.82, 2.24) is 0 Å². The van der Waals surface area contributed by atoms with Crippen LogP contribution in [0, 0.1) is 0 Å². The molecule has 0 aliphatic carbocycles. The highest BCUT2D eigenvalue weighted by Crippen LogP contribution is 2.34. The number of hydrogen-bond donors (Lipinski definition) is 0. The molecular formula is C12H10F3IS. The third-order valence-electron chi connectivity index (χ3n) is 2.56. The van der Waals surface area contributed by atoms with Crippen molar-refractivity contribution in [3.05, 3.63) is 34.7 Å². The van der Waals surface area contributed by atoms with Crippen molar-refractivity contribution in [3.8, 4) is 0 Å². The van der Waals surface area contributed by atoms with E-state index in [-0.39, 0.29) is 0 Å². The van der Waals surface area contributed by atoms with Crippen molar-refractivity contribution in [1.29, 1.82) is 0 Å². The molecule has 0 N–H and O–H groups in total. The third kappa shape index (κ3) is 2.93. The zero-order valence-electron chi connectivity index (χ0n) is 8.85. The first-order valence-corrected chi connectivity index (χ1v) is 7.56. The Morgan fingerprint density at radius 2 is 2.00 bits per heavy atom. The minimum Gasteiger partial charge on any atom is -0.166 e. The number of benzene rings is 1. The van der Waals surface area contributed by atoms with Crippen LogP contribution in [0.2, 0.25) is 0 Å². The molecule has 0 spiro atoms. The van der Waals surface area contributed by atoms with E-state index in [0.717, 1.165) is 32.9 Å². The van der Waals surface area contributed by atoms with Gasteiger partial charge in [-0.25, -0.2) is 0 Å². The molecule has 0 fully saturated rings. The Labute approximate surface area is 115 Å². The predicted octanol–water partition coefficient (Wildman–Crippen LogP) is 5.29. The second kappa shape index (κ2) is 5.14. The first kappa shape index (κ1) is 13.1. The standard InChI is InChI=1S/C12H10F3IS/c13-12(14,15)9-3-4-10-8(2-1-5-16)7-17-11(10)6-9/h3-4,6-7H,1-2,5H2. The first-order chi connectivity index (χ1) is 8.02. The summed E-state index contributed by atoms with van der Waals surface area (Å²) in [5.74, 6) is 0. The lowest BCUT2D eigenvalue weighted by atomic mass is 10.1. The van der Waals surface area contributed by atoms with Gasteiger partial charge in [0.05, 0.1) is 5.56 Å². The average Bonchev–Trinajstić information content (AvgIpc) is 2.67. The summed E-state index contributed by atoms with van der Waals surface area (Å²) in [5, 5.41) is 2.93.